The van der Waals surface area contributed by atoms with Gasteiger partial charge in [0.25, 0.3) is 0 Å². The lowest BCUT2D eigenvalue weighted by molar-refractivity contribution is 0.252. The summed E-state index contributed by atoms with van der Waals surface area (Å²) >= 11 is 0. The summed E-state index contributed by atoms with van der Waals surface area (Å²) in [5.41, 5.74) is 2.75. The lowest BCUT2D eigenvalue weighted by Crippen LogP contribution is -2.56. The van der Waals surface area contributed by atoms with Crippen molar-refractivity contribution >= 4 is 5.69 Å². The van der Waals surface area contributed by atoms with Crippen molar-refractivity contribution in [2.45, 2.75) is 63.1 Å². The molecular formula is C18H28N2O. The highest BCUT2D eigenvalue weighted by molar-refractivity contribution is 5.52. The Bertz CT molecular complexity index is 448. The summed E-state index contributed by atoms with van der Waals surface area (Å²) in [4.78, 5) is 2.69. The molecule has 2 fully saturated rings. The van der Waals surface area contributed by atoms with E-state index in [1.807, 2.05) is 0 Å². The second kappa shape index (κ2) is 6.80. The van der Waals surface area contributed by atoms with E-state index in [0.717, 1.165) is 12.8 Å². The lowest BCUT2D eigenvalue weighted by atomic mass is 9.81. The quantitative estimate of drug-likeness (QED) is 0.874. The first-order chi connectivity index (χ1) is 10.3. The molecule has 0 aliphatic carbocycles. The highest BCUT2D eigenvalue weighted by atomic mass is 16.2. The Hall–Kier alpha value is -1.06. The third kappa shape index (κ3) is 3.24. The van der Waals surface area contributed by atoms with Gasteiger partial charge in [-0.2, -0.15) is 0 Å². The van der Waals surface area contributed by atoms with Crippen LogP contribution >= 0.6 is 0 Å². The summed E-state index contributed by atoms with van der Waals surface area (Å²) < 4.78 is 0. The Morgan fingerprint density at radius 2 is 2.00 bits per heavy atom. The summed E-state index contributed by atoms with van der Waals surface area (Å²) in [6.07, 6.45) is 8.42. The first-order valence-corrected chi connectivity index (χ1v) is 8.47. The predicted molar refractivity (Wildman–Crippen MR) is 87.8 cm³/mol. The molecule has 0 amide bonds. The molecule has 3 rings (SSSR count). The summed E-state index contributed by atoms with van der Waals surface area (Å²) in [5, 5.41) is 12.5. The first kappa shape index (κ1) is 14.9. The highest BCUT2D eigenvalue weighted by Gasteiger charge is 2.37. The third-order valence-corrected chi connectivity index (χ3v) is 5.22. The van der Waals surface area contributed by atoms with Gasteiger partial charge in [-0.15, -0.1) is 0 Å². The zero-order valence-electron chi connectivity index (χ0n) is 13.1. The average Bonchev–Trinajstić information content (AvgIpc) is 2.52. The zero-order valence-corrected chi connectivity index (χ0v) is 13.1. The molecule has 0 spiro atoms. The van der Waals surface area contributed by atoms with Gasteiger partial charge in [-0.25, -0.2) is 0 Å². The number of hydrogen-bond acceptors (Lipinski definition) is 3. The number of benzene rings is 1. The van der Waals surface area contributed by atoms with Crippen LogP contribution in [-0.4, -0.2) is 36.9 Å². The molecule has 2 aliphatic rings. The van der Waals surface area contributed by atoms with Crippen molar-refractivity contribution < 1.29 is 5.11 Å². The van der Waals surface area contributed by atoms with Crippen LogP contribution < -0.4 is 10.2 Å². The number of fused-ring (bicyclic) bond motifs is 2. The summed E-state index contributed by atoms with van der Waals surface area (Å²) in [7, 11) is 2.10. The number of nitrogens with one attached hydrogen (secondary N) is 1. The molecule has 1 aromatic carbocycles. The van der Waals surface area contributed by atoms with Gasteiger partial charge in [0.15, 0.2) is 0 Å². The van der Waals surface area contributed by atoms with Gasteiger partial charge in [0.2, 0.25) is 0 Å². The highest BCUT2D eigenvalue weighted by Crippen LogP contribution is 2.37. The van der Waals surface area contributed by atoms with Gasteiger partial charge in [-0.05, 0) is 69.7 Å². The molecule has 2 N–H and O–H groups in total. The Balaban J connectivity index is 1.79. The number of aryl methyl sites for hydroxylation is 1. The second-order valence-corrected chi connectivity index (χ2v) is 6.60. The number of aliphatic hydroxyl groups is 1. The molecule has 0 radical (unpaired) electrons. The smallest absolute Gasteiger partial charge is 0.0434 e. The molecule has 3 nitrogen and oxygen atoms in total. The van der Waals surface area contributed by atoms with Crippen LogP contribution in [0.4, 0.5) is 5.69 Å². The zero-order chi connectivity index (χ0) is 14.7. The number of piperidine rings is 2. The van der Waals surface area contributed by atoms with Gasteiger partial charge in [-0.3, -0.25) is 0 Å². The molecule has 2 aliphatic heterocycles. The third-order valence-electron chi connectivity index (χ3n) is 5.22. The monoisotopic (exact) mass is 288 g/mol. The Labute approximate surface area is 128 Å². The second-order valence-electron chi connectivity index (χ2n) is 6.60. The molecule has 2 atom stereocenters. The average molecular weight is 288 g/mol. The van der Waals surface area contributed by atoms with Crippen LogP contribution in [0.5, 0.6) is 0 Å². The molecule has 2 unspecified atom stereocenters. The van der Waals surface area contributed by atoms with Crippen molar-refractivity contribution in [3.8, 4) is 0 Å². The minimum atomic E-state index is 0.281. The van der Waals surface area contributed by atoms with E-state index in [0.29, 0.717) is 18.1 Å². The Morgan fingerprint density at radius 1 is 1.24 bits per heavy atom. The minimum Gasteiger partial charge on any atom is -0.396 e. The van der Waals surface area contributed by atoms with Crippen LogP contribution in [0.15, 0.2) is 24.3 Å². The molecule has 0 aromatic heterocycles. The van der Waals surface area contributed by atoms with E-state index >= 15 is 0 Å². The molecule has 2 bridgehead atoms. The van der Waals surface area contributed by atoms with E-state index in [2.05, 4.69) is 41.5 Å². The molecule has 21 heavy (non-hydrogen) atoms. The number of hydrogen-bond donors (Lipinski definition) is 2. The fraction of sp³-hybridized carbons (Fsp3) is 0.667. The van der Waals surface area contributed by atoms with E-state index in [4.69, 9.17) is 5.11 Å². The van der Waals surface area contributed by atoms with Gasteiger partial charge in [-0.1, -0.05) is 12.1 Å². The van der Waals surface area contributed by atoms with Crippen LogP contribution in [-0.2, 0) is 6.42 Å². The topological polar surface area (TPSA) is 35.5 Å². The number of nitrogens with zero attached hydrogens (tertiary/aromatic N) is 1. The number of aliphatic hydroxyl groups excluding tert-OH is 1. The summed E-state index contributed by atoms with van der Waals surface area (Å²) in [6, 6.07) is 11.1. The van der Waals surface area contributed by atoms with Gasteiger partial charge in [0.05, 0.1) is 0 Å². The van der Waals surface area contributed by atoms with Crippen molar-refractivity contribution in [2.24, 2.45) is 0 Å². The maximum Gasteiger partial charge on any atom is 0.0434 e. The number of rotatable bonds is 5. The summed E-state index contributed by atoms with van der Waals surface area (Å²) in [6.45, 7) is 0.281. The van der Waals surface area contributed by atoms with Crippen LogP contribution in [0, 0.1) is 0 Å². The van der Waals surface area contributed by atoms with E-state index in [9.17, 15) is 0 Å². The van der Waals surface area contributed by atoms with E-state index < -0.39 is 0 Å². The maximum absolute atomic E-state index is 9.02. The number of anilines is 1. The van der Waals surface area contributed by atoms with Crippen LogP contribution in [0.25, 0.3) is 0 Å². The standard InChI is InChI=1S/C18H28N2O/c1-19-15-12-17-8-3-9-18(13-15)20(17)16-7-2-5-14(11-16)6-4-10-21/h2,5,7,11,15,17-19,21H,3-4,6,8-10,12-13H2,1H3. The van der Waals surface area contributed by atoms with Crippen molar-refractivity contribution in [1.82, 2.24) is 5.32 Å². The molecule has 1 aromatic rings. The predicted octanol–water partition coefficient (Wildman–Crippen LogP) is 2.72. The van der Waals surface area contributed by atoms with Gasteiger partial charge < -0.3 is 15.3 Å². The SMILES string of the molecule is CNC1CC2CCCC(C1)N2c1cccc(CCCO)c1. The van der Waals surface area contributed by atoms with Crippen LogP contribution in [0.1, 0.15) is 44.1 Å². The van der Waals surface area contributed by atoms with Crippen LogP contribution in [0.2, 0.25) is 0 Å². The van der Waals surface area contributed by atoms with E-state index in [1.54, 1.807) is 0 Å². The molecule has 3 heteroatoms. The molecular weight excluding hydrogens is 260 g/mol. The fourth-order valence-corrected chi connectivity index (χ4v) is 4.19. The molecule has 116 valence electrons. The molecule has 0 saturated carbocycles. The minimum absolute atomic E-state index is 0.281. The normalized spacial score (nSPS) is 28.7. The van der Waals surface area contributed by atoms with Gasteiger partial charge >= 0.3 is 0 Å². The van der Waals surface area contributed by atoms with Crippen molar-refractivity contribution in [1.29, 1.82) is 0 Å². The van der Waals surface area contributed by atoms with Crippen molar-refractivity contribution in [2.75, 3.05) is 18.6 Å². The van der Waals surface area contributed by atoms with E-state index in [1.165, 1.54) is 43.4 Å². The fourth-order valence-electron chi connectivity index (χ4n) is 4.19. The van der Waals surface area contributed by atoms with Gasteiger partial charge in [0, 0.05) is 30.4 Å². The largest absolute Gasteiger partial charge is 0.396 e. The van der Waals surface area contributed by atoms with Gasteiger partial charge in [0.1, 0.15) is 0 Å². The lowest BCUT2D eigenvalue weighted by Gasteiger charge is -2.50. The van der Waals surface area contributed by atoms with Crippen molar-refractivity contribution in [3.05, 3.63) is 29.8 Å². The van der Waals surface area contributed by atoms with Crippen LogP contribution in [0.3, 0.4) is 0 Å². The van der Waals surface area contributed by atoms with E-state index in [-0.39, 0.29) is 6.61 Å². The Morgan fingerprint density at radius 3 is 2.67 bits per heavy atom. The Kier molecular flexibility index (Phi) is 4.81. The molecule has 2 saturated heterocycles. The van der Waals surface area contributed by atoms with Crippen molar-refractivity contribution in [3.63, 3.8) is 0 Å². The first-order valence-electron chi connectivity index (χ1n) is 8.47. The molecule has 2 heterocycles. The maximum atomic E-state index is 9.02. The summed E-state index contributed by atoms with van der Waals surface area (Å²) in [5.74, 6) is 0.